The Kier molecular flexibility index (Phi) is 5.72. The summed E-state index contributed by atoms with van der Waals surface area (Å²) in [4.78, 5) is 16.6. The lowest BCUT2D eigenvalue weighted by molar-refractivity contribution is 0.0690. The van der Waals surface area contributed by atoms with Crippen LogP contribution in [-0.4, -0.2) is 53.0 Å². The summed E-state index contributed by atoms with van der Waals surface area (Å²) in [7, 11) is 0. The van der Waals surface area contributed by atoms with E-state index in [1.165, 1.54) is 25.7 Å². The van der Waals surface area contributed by atoms with Crippen molar-refractivity contribution in [2.45, 2.75) is 38.6 Å². The van der Waals surface area contributed by atoms with Crippen LogP contribution in [0.15, 0.2) is 30.3 Å². The molecule has 1 aromatic carbocycles. The maximum atomic E-state index is 12.5. The van der Waals surface area contributed by atoms with Crippen LogP contribution < -0.4 is 5.32 Å². The number of hydrogen-bond donors (Lipinski definition) is 1. The molecule has 5 heteroatoms. The fourth-order valence-corrected chi connectivity index (χ4v) is 3.99. The molecule has 0 spiro atoms. The molecule has 4 nitrogen and oxygen atoms in total. The van der Waals surface area contributed by atoms with Crippen LogP contribution in [0.4, 0.5) is 0 Å². The van der Waals surface area contributed by atoms with Gasteiger partial charge in [-0.2, -0.15) is 0 Å². The molecule has 2 aliphatic rings. The van der Waals surface area contributed by atoms with E-state index in [4.69, 9.17) is 12.2 Å². The molecule has 1 aliphatic carbocycles. The van der Waals surface area contributed by atoms with Crippen LogP contribution in [0.2, 0.25) is 0 Å². The zero-order valence-corrected chi connectivity index (χ0v) is 15.2. The monoisotopic (exact) mass is 345 g/mol. The van der Waals surface area contributed by atoms with Gasteiger partial charge in [0.05, 0.1) is 0 Å². The number of nitrogens with zero attached hydrogens (tertiary/aromatic N) is 2. The Morgan fingerprint density at radius 3 is 2.33 bits per heavy atom. The molecule has 3 rings (SSSR count). The van der Waals surface area contributed by atoms with Crippen molar-refractivity contribution in [3.8, 4) is 0 Å². The number of benzene rings is 1. The second-order valence-corrected chi connectivity index (χ2v) is 7.35. The molecular formula is C19H27N3OS. The first kappa shape index (κ1) is 17.2. The van der Waals surface area contributed by atoms with E-state index >= 15 is 0 Å². The van der Waals surface area contributed by atoms with E-state index in [2.05, 4.69) is 17.1 Å². The van der Waals surface area contributed by atoms with Crippen LogP contribution in [-0.2, 0) is 0 Å². The molecule has 0 bridgehead atoms. The van der Waals surface area contributed by atoms with Crippen molar-refractivity contribution < 1.29 is 4.79 Å². The van der Waals surface area contributed by atoms with Crippen LogP contribution in [0.1, 0.15) is 43.0 Å². The molecule has 2 fully saturated rings. The fraction of sp³-hybridized carbons (Fsp3) is 0.579. The lowest BCUT2D eigenvalue weighted by atomic mass is 9.86. The van der Waals surface area contributed by atoms with Crippen molar-refractivity contribution in [1.29, 1.82) is 0 Å². The summed E-state index contributed by atoms with van der Waals surface area (Å²) < 4.78 is 0. The Balaban J connectivity index is 1.49. The number of amides is 1. The largest absolute Gasteiger partial charge is 0.360 e. The van der Waals surface area contributed by atoms with Crippen LogP contribution >= 0.6 is 12.2 Å². The van der Waals surface area contributed by atoms with Crippen molar-refractivity contribution in [2.75, 3.05) is 26.2 Å². The first-order chi connectivity index (χ1) is 11.6. The van der Waals surface area contributed by atoms with Crippen LogP contribution in [0.5, 0.6) is 0 Å². The molecule has 24 heavy (non-hydrogen) atoms. The zero-order chi connectivity index (χ0) is 16.9. The lowest BCUT2D eigenvalue weighted by Crippen LogP contribution is -2.55. The van der Waals surface area contributed by atoms with Gasteiger partial charge in [-0.05, 0) is 43.1 Å². The van der Waals surface area contributed by atoms with Gasteiger partial charge in [0.15, 0.2) is 5.11 Å². The van der Waals surface area contributed by atoms with Gasteiger partial charge in [0.2, 0.25) is 0 Å². The molecule has 1 saturated heterocycles. The third-order valence-electron chi connectivity index (χ3n) is 5.30. The molecule has 2 atom stereocenters. The minimum atomic E-state index is 0.120. The van der Waals surface area contributed by atoms with Gasteiger partial charge in [0.1, 0.15) is 0 Å². The van der Waals surface area contributed by atoms with E-state index in [-0.39, 0.29) is 5.91 Å². The standard InChI is InChI=1S/C19H27N3OS/c1-15-7-5-6-10-17(15)20-19(24)22-13-11-21(12-14-22)18(23)16-8-3-2-4-9-16/h2-4,8-9,15,17H,5-7,10-14H2,1H3,(H,20,24)/t15-,17-/m1/s1. The molecule has 0 radical (unpaired) electrons. The van der Waals surface area contributed by atoms with Crippen LogP contribution in [0.25, 0.3) is 0 Å². The third-order valence-corrected chi connectivity index (χ3v) is 5.67. The van der Waals surface area contributed by atoms with Gasteiger partial charge >= 0.3 is 0 Å². The molecule has 0 aromatic heterocycles. The summed E-state index contributed by atoms with van der Waals surface area (Å²) in [6.45, 7) is 5.40. The molecular weight excluding hydrogens is 318 g/mol. The number of carbonyl (C=O) groups excluding carboxylic acids is 1. The molecule has 1 saturated carbocycles. The van der Waals surface area contributed by atoms with Crippen molar-refractivity contribution in [3.05, 3.63) is 35.9 Å². The number of nitrogens with one attached hydrogen (secondary N) is 1. The molecule has 1 aromatic rings. The predicted molar refractivity (Wildman–Crippen MR) is 101 cm³/mol. The highest BCUT2D eigenvalue weighted by Gasteiger charge is 2.26. The fourth-order valence-electron chi connectivity index (χ4n) is 3.66. The maximum Gasteiger partial charge on any atom is 0.253 e. The quantitative estimate of drug-likeness (QED) is 0.836. The Morgan fingerprint density at radius 2 is 1.67 bits per heavy atom. The predicted octanol–water partition coefficient (Wildman–Crippen LogP) is 2.90. The maximum absolute atomic E-state index is 12.5. The van der Waals surface area contributed by atoms with Gasteiger partial charge < -0.3 is 15.1 Å². The van der Waals surface area contributed by atoms with E-state index in [0.29, 0.717) is 12.0 Å². The van der Waals surface area contributed by atoms with Gasteiger partial charge in [-0.25, -0.2) is 0 Å². The molecule has 0 unspecified atom stereocenters. The molecule has 1 N–H and O–H groups in total. The van der Waals surface area contributed by atoms with Gasteiger partial charge in [0.25, 0.3) is 5.91 Å². The Hall–Kier alpha value is -1.62. The second kappa shape index (κ2) is 7.97. The van der Waals surface area contributed by atoms with E-state index in [1.54, 1.807) is 0 Å². The van der Waals surface area contributed by atoms with Crippen molar-refractivity contribution >= 4 is 23.2 Å². The first-order valence-electron chi connectivity index (χ1n) is 9.05. The summed E-state index contributed by atoms with van der Waals surface area (Å²) in [5.41, 5.74) is 0.766. The van der Waals surface area contributed by atoms with E-state index in [9.17, 15) is 4.79 Å². The van der Waals surface area contributed by atoms with Crippen molar-refractivity contribution in [3.63, 3.8) is 0 Å². The number of rotatable bonds is 2. The van der Waals surface area contributed by atoms with Crippen LogP contribution in [0, 0.1) is 5.92 Å². The van der Waals surface area contributed by atoms with Gasteiger partial charge in [-0.1, -0.05) is 38.0 Å². The first-order valence-corrected chi connectivity index (χ1v) is 9.46. The van der Waals surface area contributed by atoms with E-state index in [1.807, 2.05) is 35.2 Å². The normalized spacial score (nSPS) is 24.5. The summed E-state index contributed by atoms with van der Waals surface area (Å²) in [5.74, 6) is 0.813. The summed E-state index contributed by atoms with van der Waals surface area (Å²) in [6, 6.07) is 10.0. The SMILES string of the molecule is C[C@@H]1CCCC[C@H]1NC(=S)N1CCN(C(=O)c2ccccc2)CC1. The molecule has 1 aliphatic heterocycles. The van der Waals surface area contributed by atoms with Crippen molar-refractivity contribution in [1.82, 2.24) is 15.1 Å². The minimum Gasteiger partial charge on any atom is -0.360 e. The van der Waals surface area contributed by atoms with Gasteiger partial charge in [-0.15, -0.1) is 0 Å². The smallest absolute Gasteiger partial charge is 0.253 e. The van der Waals surface area contributed by atoms with E-state index in [0.717, 1.165) is 36.9 Å². The highest BCUT2D eigenvalue weighted by molar-refractivity contribution is 7.80. The highest BCUT2D eigenvalue weighted by atomic mass is 32.1. The molecule has 130 valence electrons. The summed E-state index contributed by atoms with van der Waals surface area (Å²) in [5, 5.41) is 4.43. The Morgan fingerprint density at radius 1 is 1.04 bits per heavy atom. The summed E-state index contributed by atoms with van der Waals surface area (Å²) in [6.07, 6.45) is 5.14. The number of hydrogen-bond acceptors (Lipinski definition) is 2. The molecule has 1 heterocycles. The van der Waals surface area contributed by atoms with Crippen LogP contribution in [0.3, 0.4) is 0 Å². The highest BCUT2D eigenvalue weighted by Crippen LogP contribution is 2.24. The third kappa shape index (κ3) is 4.07. The number of thiocarbonyl (C=S) groups is 1. The Labute approximate surface area is 150 Å². The topological polar surface area (TPSA) is 35.6 Å². The van der Waals surface area contributed by atoms with Gasteiger partial charge in [0, 0.05) is 37.8 Å². The second-order valence-electron chi connectivity index (χ2n) is 6.96. The zero-order valence-electron chi connectivity index (χ0n) is 14.4. The van der Waals surface area contributed by atoms with Crippen molar-refractivity contribution in [2.24, 2.45) is 5.92 Å². The lowest BCUT2D eigenvalue weighted by Gasteiger charge is -2.38. The number of piperazine rings is 1. The number of carbonyl (C=O) groups is 1. The Bertz CT molecular complexity index is 569. The average Bonchev–Trinajstić information content (AvgIpc) is 2.64. The molecule has 1 amide bonds. The van der Waals surface area contributed by atoms with Gasteiger partial charge in [-0.3, -0.25) is 4.79 Å². The average molecular weight is 346 g/mol. The minimum absolute atomic E-state index is 0.120. The summed E-state index contributed by atoms with van der Waals surface area (Å²) >= 11 is 5.62. The van der Waals surface area contributed by atoms with E-state index < -0.39 is 0 Å².